The summed E-state index contributed by atoms with van der Waals surface area (Å²) in [4.78, 5) is 11.6. The van der Waals surface area contributed by atoms with Crippen LogP contribution in [0.2, 0.25) is 5.02 Å². The van der Waals surface area contributed by atoms with E-state index in [-0.39, 0.29) is 12.5 Å². The molecular formula is C17H18ClNO3. The monoisotopic (exact) mass is 319 g/mol. The third kappa shape index (κ3) is 5.66. The van der Waals surface area contributed by atoms with Gasteiger partial charge in [0.05, 0.1) is 6.54 Å². The molecule has 116 valence electrons. The SMILES string of the molecule is Cc1ccc(OCCNC(=O)COc2cccc(Cl)c2)cc1. The molecule has 0 aliphatic carbocycles. The second-order valence-corrected chi connectivity index (χ2v) is 5.19. The largest absolute Gasteiger partial charge is 0.492 e. The minimum atomic E-state index is -0.201. The zero-order chi connectivity index (χ0) is 15.8. The van der Waals surface area contributed by atoms with Crippen LogP contribution >= 0.6 is 11.6 Å². The van der Waals surface area contributed by atoms with E-state index in [1.54, 1.807) is 24.3 Å². The van der Waals surface area contributed by atoms with Gasteiger partial charge in [0.1, 0.15) is 18.1 Å². The Hall–Kier alpha value is -2.20. The van der Waals surface area contributed by atoms with Crippen molar-refractivity contribution in [3.8, 4) is 11.5 Å². The Morgan fingerprint density at radius 3 is 2.59 bits per heavy atom. The number of benzene rings is 2. The first-order valence-corrected chi connectivity index (χ1v) is 7.36. The first-order valence-electron chi connectivity index (χ1n) is 6.98. The maximum Gasteiger partial charge on any atom is 0.258 e. The third-order valence-electron chi connectivity index (χ3n) is 2.88. The van der Waals surface area contributed by atoms with Gasteiger partial charge < -0.3 is 14.8 Å². The van der Waals surface area contributed by atoms with Gasteiger partial charge in [0, 0.05) is 5.02 Å². The van der Waals surface area contributed by atoms with E-state index in [0.717, 1.165) is 5.75 Å². The number of carbonyl (C=O) groups is 1. The number of hydrogen-bond acceptors (Lipinski definition) is 3. The van der Waals surface area contributed by atoms with E-state index in [9.17, 15) is 4.79 Å². The fourth-order valence-corrected chi connectivity index (χ4v) is 1.93. The standard InChI is InChI=1S/C17H18ClNO3/c1-13-5-7-15(8-6-13)21-10-9-19-17(20)12-22-16-4-2-3-14(18)11-16/h2-8,11H,9-10,12H2,1H3,(H,19,20). The summed E-state index contributed by atoms with van der Waals surface area (Å²) >= 11 is 5.83. The maximum atomic E-state index is 11.6. The van der Waals surface area contributed by atoms with Crippen LogP contribution in [0, 0.1) is 6.92 Å². The molecule has 0 saturated carbocycles. The quantitative estimate of drug-likeness (QED) is 0.797. The second kappa shape index (κ2) is 8.29. The van der Waals surface area contributed by atoms with Crippen molar-refractivity contribution in [3.63, 3.8) is 0 Å². The highest BCUT2D eigenvalue weighted by molar-refractivity contribution is 6.30. The van der Waals surface area contributed by atoms with Crippen molar-refractivity contribution < 1.29 is 14.3 Å². The van der Waals surface area contributed by atoms with Crippen molar-refractivity contribution in [1.29, 1.82) is 0 Å². The average Bonchev–Trinajstić information content (AvgIpc) is 2.51. The van der Waals surface area contributed by atoms with Crippen molar-refractivity contribution in [2.24, 2.45) is 0 Å². The van der Waals surface area contributed by atoms with E-state index in [2.05, 4.69) is 5.32 Å². The highest BCUT2D eigenvalue weighted by Gasteiger charge is 2.03. The van der Waals surface area contributed by atoms with Crippen molar-refractivity contribution >= 4 is 17.5 Å². The van der Waals surface area contributed by atoms with Crippen LogP contribution < -0.4 is 14.8 Å². The number of aryl methyl sites for hydroxylation is 1. The van der Waals surface area contributed by atoms with E-state index in [4.69, 9.17) is 21.1 Å². The van der Waals surface area contributed by atoms with Gasteiger partial charge in [0.25, 0.3) is 5.91 Å². The molecule has 0 aromatic heterocycles. The van der Waals surface area contributed by atoms with Gasteiger partial charge in [-0.05, 0) is 37.3 Å². The number of amides is 1. The second-order valence-electron chi connectivity index (χ2n) is 4.76. The molecule has 0 bridgehead atoms. The molecule has 0 aliphatic heterocycles. The van der Waals surface area contributed by atoms with Crippen molar-refractivity contribution in [1.82, 2.24) is 5.32 Å². The number of nitrogens with one attached hydrogen (secondary N) is 1. The van der Waals surface area contributed by atoms with Crippen LogP contribution in [0.1, 0.15) is 5.56 Å². The number of rotatable bonds is 7. The molecule has 0 spiro atoms. The minimum absolute atomic E-state index is 0.0507. The molecule has 22 heavy (non-hydrogen) atoms. The number of hydrogen-bond donors (Lipinski definition) is 1. The zero-order valence-corrected chi connectivity index (χ0v) is 13.1. The van der Waals surface area contributed by atoms with Gasteiger partial charge in [-0.15, -0.1) is 0 Å². The Bertz CT molecular complexity index is 614. The molecule has 0 fully saturated rings. The summed E-state index contributed by atoms with van der Waals surface area (Å²) < 4.78 is 10.9. The summed E-state index contributed by atoms with van der Waals surface area (Å²) in [5.74, 6) is 1.15. The Labute approximate surface area is 135 Å². The van der Waals surface area contributed by atoms with E-state index in [0.29, 0.717) is 23.9 Å². The molecule has 1 N–H and O–H groups in total. The summed E-state index contributed by atoms with van der Waals surface area (Å²) in [6, 6.07) is 14.7. The molecule has 0 atom stereocenters. The van der Waals surface area contributed by atoms with Gasteiger partial charge in [-0.3, -0.25) is 4.79 Å². The summed E-state index contributed by atoms with van der Waals surface area (Å²) in [6.45, 7) is 2.80. The molecule has 2 aromatic rings. The molecule has 5 heteroatoms. The number of carbonyl (C=O) groups excluding carboxylic acids is 1. The lowest BCUT2D eigenvalue weighted by Crippen LogP contribution is -2.32. The maximum absolute atomic E-state index is 11.6. The molecule has 0 aliphatic rings. The van der Waals surface area contributed by atoms with Crippen LogP contribution in [0.4, 0.5) is 0 Å². The average molecular weight is 320 g/mol. The van der Waals surface area contributed by atoms with E-state index in [1.807, 2.05) is 31.2 Å². The Morgan fingerprint density at radius 1 is 1.09 bits per heavy atom. The topological polar surface area (TPSA) is 47.6 Å². The minimum Gasteiger partial charge on any atom is -0.492 e. The number of ether oxygens (including phenoxy) is 2. The van der Waals surface area contributed by atoms with Crippen LogP contribution in [-0.2, 0) is 4.79 Å². The smallest absolute Gasteiger partial charge is 0.258 e. The lowest BCUT2D eigenvalue weighted by Gasteiger charge is -2.09. The molecule has 0 heterocycles. The zero-order valence-electron chi connectivity index (χ0n) is 12.3. The molecule has 0 radical (unpaired) electrons. The molecule has 1 amide bonds. The summed E-state index contributed by atoms with van der Waals surface area (Å²) in [5, 5.41) is 3.30. The highest BCUT2D eigenvalue weighted by Crippen LogP contribution is 2.16. The van der Waals surface area contributed by atoms with Gasteiger partial charge in [0.15, 0.2) is 6.61 Å². The molecule has 4 nitrogen and oxygen atoms in total. The predicted molar refractivity (Wildman–Crippen MR) is 86.6 cm³/mol. The van der Waals surface area contributed by atoms with Gasteiger partial charge >= 0.3 is 0 Å². The van der Waals surface area contributed by atoms with Crippen LogP contribution in [-0.4, -0.2) is 25.7 Å². The van der Waals surface area contributed by atoms with E-state index < -0.39 is 0 Å². The first-order chi connectivity index (χ1) is 10.6. The number of halogens is 1. The lowest BCUT2D eigenvalue weighted by molar-refractivity contribution is -0.123. The van der Waals surface area contributed by atoms with E-state index in [1.165, 1.54) is 5.56 Å². The van der Waals surface area contributed by atoms with Crippen LogP contribution in [0.5, 0.6) is 11.5 Å². The Kier molecular flexibility index (Phi) is 6.10. The molecular weight excluding hydrogens is 302 g/mol. The molecule has 0 unspecified atom stereocenters. The van der Waals surface area contributed by atoms with Gasteiger partial charge in [-0.1, -0.05) is 35.4 Å². The normalized spacial score (nSPS) is 10.1. The third-order valence-corrected chi connectivity index (χ3v) is 3.12. The van der Waals surface area contributed by atoms with Crippen LogP contribution in [0.25, 0.3) is 0 Å². The predicted octanol–water partition coefficient (Wildman–Crippen LogP) is 3.22. The Balaban J connectivity index is 1.62. The van der Waals surface area contributed by atoms with Gasteiger partial charge in [-0.25, -0.2) is 0 Å². The summed E-state index contributed by atoms with van der Waals surface area (Å²) in [7, 11) is 0. The first kappa shape index (κ1) is 16.2. The fourth-order valence-electron chi connectivity index (χ4n) is 1.75. The molecule has 2 rings (SSSR count). The van der Waals surface area contributed by atoms with E-state index >= 15 is 0 Å². The molecule has 2 aromatic carbocycles. The Morgan fingerprint density at radius 2 is 1.86 bits per heavy atom. The van der Waals surface area contributed by atoms with Crippen molar-refractivity contribution in [3.05, 3.63) is 59.1 Å². The van der Waals surface area contributed by atoms with Crippen LogP contribution in [0.15, 0.2) is 48.5 Å². The fraction of sp³-hybridized carbons (Fsp3) is 0.235. The van der Waals surface area contributed by atoms with Gasteiger partial charge in [-0.2, -0.15) is 0 Å². The molecule has 0 saturated heterocycles. The highest BCUT2D eigenvalue weighted by atomic mass is 35.5. The van der Waals surface area contributed by atoms with Crippen LogP contribution in [0.3, 0.4) is 0 Å². The summed E-state index contributed by atoms with van der Waals surface area (Å²) in [6.07, 6.45) is 0. The van der Waals surface area contributed by atoms with Gasteiger partial charge in [0.2, 0.25) is 0 Å². The lowest BCUT2D eigenvalue weighted by atomic mass is 10.2. The van der Waals surface area contributed by atoms with Crippen molar-refractivity contribution in [2.75, 3.05) is 19.8 Å². The van der Waals surface area contributed by atoms with Crippen molar-refractivity contribution in [2.45, 2.75) is 6.92 Å². The summed E-state index contributed by atoms with van der Waals surface area (Å²) in [5.41, 5.74) is 1.18.